The van der Waals surface area contributed by atoms with Gasteiger partial charge in [0.2, 0.25) is 0 Å². The average Bonchev–Trinajstić information content (AvgIpc) is 3.32. The molecule has 0 saturated carbocycles. The highest BCUT2D eigenvalue weighted by atomic mass is 35.5. The molecule has 0 bridgehead atoms. The van der Waals surface area contributed by atoms with Crippen molar-refractivity contribution in [2.45, 2.75) is 26.8 Å². The molecule has 1 amide bonds. The van der Waals surface area contributed by atoms with Crippen LogP contribution >= 0.6 is 23.7 Å². The number of methoxy groups -OCH3 is 1. The van der Waals surface area contributed by atoms with E-state index in [4.69, 9.17) is 9.72 Å². The Labute approximate surface area is 181 Å². The summed E-state index contributed by atoms with van der Waals surface area (Å²) in [6, 6.07) is 5.71. The zero-order valence-electron chi connectivity index (χ0n) is 17.5. The number of benzene rings is 1. The van der Waals surface area contributed by atoms with E-state index in [0.717, 1.165) is 34.5 Å². The maximum atomic E-state index is 13.4. The van der Waals surface area contributed by atoms with E-state index in [1.165, 1.54) is 11.3 Å². The summed E-state index contributed by atoms with van der Waals surface area (Å²) in [7, 11) is 5.71. The van der Waals surface area contributed by atoms with Crippen molar-refractivity contribution < 1.29 is 9.53 Å². The number of carbonyl (C=O) groups excluding carboxylic acids is 1. The van der Waals surface area contributed by atoms with Gasteiger partial charge in [-0.05, 0) is 58.6 Å². The minimum atomic E-state index is -0.0752. The summed E-state index contributed by atoms with van der Waals surface area (Å²) in [6.07, 6.45) is 2.52. The molecule has 0 aliphatic heterocycles. The van der Waals surface area contributed by atoms with Crippen molar-refractivity contribution >= 4 is 45.0 Å². The van der Waals surface area contributed by atoms with Gasteiger partial charge in [-0.2, -0.15) is 5.10 Å². The van der Waals surface area contributed by atoms with Crippen molar-refractivity contribution in [1.29, 1.82) is 0 Å². The molecular formula is C20H28ClN5O2S. The van der Waals surface area contributed by atoms with Crippen LogP contribution in [0.3, 0.4) is 0 Å². The third-order valence-corrected chi connectivity index (χ3v) is 5.82. The second-order valence-electron chi connectivity index (χ2n) is 6.90. The van der Waals surface area contributed by atoms with E-state index in [0.29, 0.717) is 23.9 Å². The Morgan fingerprint density at radius 3 is 2.66 bits per heavy atom. The number of ether oxygens (including phenoxy) is 1. The van der Waals surface area contributed by atoms with Gasteiger partial charge in [-0.3, -0.25) is 14.4 Å². The Morgan fingerprint density at radius 2 is 2.00 bits per heavy atom. The Balaban J connectivity index is 0.00000300. The molecule has 158 valence electrons. The maximum Gasteiger partial charge on any atom is 0.278 e. The smallest absolute Gasteiger partial charge is 0.278 e. The normalized spacial score (nSPS) is 11.0. The first-order chi connectivity index (χ1) is 13.5. The second-order valence-corrected chi connectivity index (χ2v) is 7.88. The summed E-state index contributed by atoms with van der Waals surface area (Å²) >= 11 is 1.53. The van der Waals surface area contributed by atoms with Crippen LogP contribution in [0.2, 0.25) is 0 Å². The lowest BCUT2D eigenvalue weighted by Gasteiger charge is -2.21. The highest BCUT2D eigenvalue weighted by Gasteiger charge is 2.25. The fourth-order valence-electron chi connectivity index (χ4n) is 3.11. The number of halogens is 1. The van der Waals surface area contributed by atoms with Crippen LogP contribution in [0.1, 0.15) is 29.4 Å². The predicted molar refractivity (Wildman–Crippen MR) is 121 cm³/mol. The van der Waals surface area contributed by atoms with Gasteiger partial charge in [0.25, 0.3) is 5.91 Å². The van der Waals surface area contributed by atoms with Crippen LogP contribution in [0.5, 0.6) is 5.75 Å². The minimum Gasteiger partial charge on any atom is -0.494 e. The molecule has 0 N–H and O–H groups in total. The summed E-state index contributed by atoms with van der Waals surface area (Å²) < 4.78 is 8.25. The van der Waals surface area contributed by atoms with E-state index in [1.54, 1.807) is 29.0 Å². The third kappa shape index (κ3) is 4.88. The first-order valence-corrected chi connectivity index (χ1v) is 10.2. The van der Waals surface area contributed by atoms with Gasteiger partial charge < -0.3 is 9.64 Å². The number of nitrogens with zero attached hydrogens (tertiary/aromatic N) is 5. The lowest BCUT2D eigenvalue weighted by atomic mass is 10.2. The van der Waals surface area contributed by atoms with E-state index < -0.39 is 0 Å². The Hall–Kier alpha value is -2.16. The summed E-state index contributed by atoms with van der Waals surface area (Å²) in [4.78, 5) is 22.0. The molecule has 0 spiro atoms. The predicted octanol–water partition coefficient (Wildman–Crippen LogP) is 3.85. The van der Waals surface area contributed by atoms with Gasteiger partial charge in [-0.15, -0.1) is 12.4 Å². The SMILES string of the molecule is CCn1nccc1C(=O)N(CCCN(C)C)c1nc2c(OC)ccc(C)c2s1.Cl. The number of fused-ring (bicyclic) bond motifs is 1. The van der Waals surface area contributed by atoms with E-state index in [2.05, 4.69) is 10.00 Å². The van der Waals surface area contributed by atoms with Crippen molar-refractivity contribution in [3.8, 4) is 5.75 Å². The van der Waals surface area contributed by atoms with Crippen molar-refractivity contribution in [1.82, 2.24) is 19.7 Å². The molecule has 0 aliphatic rings. The number of aryl methyl sites for hydroxylation is 2. The lowest BCUT2D eigenvalue weighted by Crippen LogP contribution is -2.34. The lowest BCUT2D eigenvalue weighted by molar-refractivity contribution is 0.0975. The number of rotatable bonds is 8. The molecule has 0 atom stereocenters. The number of thiazole rings is 1. The molecule has 0 unspecified atom stereocenters. The fourth-order valence-corrected chi connectivity index (χ4v) is 4.19. The highest BCUT2D eigenvalue weighted by Crippen LogP contribution is 2.36. The molecule has 0 aliphatic carbocycles. The van der Waals surface area contributed by atoms with Crippen LogP contribution in [-0.2, 0) is 6.54 Å². The third-order valence-electron chi connectivity index (χ3n) is 4.61. The Morgan fingerprint density at radius 1 is 1.24 bits per heavy atom. The van der Waals surface area contributed by atoms with Crippen molar-refractivity contribution in [3.63, 3.8) is 0 Å². The molecule has 0 radical (unpaired) electrons. The van der Waals surface area contributed by atoms with E-state index in [1.807, 2.05) is 40.1 Å². The summed E-state index contributed by atoms with van der Waals surface area (Å²) in [5.41, 5.74) is 2.51. The fraction of sp³-hybridized carbons (Fsp3) is 0.450. The topological polar surface area (TPSA) is 63.5 Å². The molecule has 3 rings (SSSR count). The standard InChI is InChI=1S/C20H27N5O2S.ClH/c1-6-25-15(10-11-21-25)19(26)24(13-7-12-23(3)4)20-22-17-16(27-5)9-8-14(2)18(17)28-20;/h8-11H,6-7,12-13H2,1-5H3;1H. The molecule has 3 aromatic rings. The quantitative estimate of drug-likeness (QED) is 0.535. The molecule has 2 aromatic heterocycles. The number of hydrogen-bond acceptors (Lipinski definition) is 6. The van der Waals surface area contributed by atoms with Crippen LogP contribution in [0.25, 0.3) is 10.2 Å². The monoisotopic (exact) mass is 437 g/mol. The number of anilines is 1. The largest absolute Gasteiger partial charge is 0.494 e. The first kappa shape index (κ1) is 23.1. The van der Waals surface area contributed by atoms with Gasteiger partial charge in [0.15, 0.2) is 5.13 Å². The van der Waals surface area contributed by atoms with Gasteiger partial charge >= 0.3 is 0 Å². The van der Waals surface area contributed by atoms with Crippen molar-refractivity contribution in [2.75, 3.05) is 39.2 Å². The van der Waals surface area contributed by atoms with Gasteiger partial charge in [-0.25, -0.2) is 4.98 Å². The molecule has 29 heavy (non-hydrogen) atoms. The molecule has 9 heteroatoms. The molecule has 7 nitrogen and oxygen atoms in total. The minimum absolute atomic E-state index is 0. The second kappa shape index (κ2) is 10.0. The van der Waals surface area contributed by atoms with Crippen LogP contribution < -0.4 is 9.64 Å². The van der Waals surface area contributed by atoms with Gasteiger partial charge in [0, 0.05) is 19.3 Å². The summed E-state index contributed by atoms with van der Waals surface area (Å²) in [5.74, 6) is 0.649. The van der Waals surface area contributed by atoms with E-state index in [-0.39, 0.29) is 18.3 Å². The molecule has 0 fully saturated rings. The number of amides is 1. The number of hydrogen-bond donors (Lipinski definition) is 0. The average molecular weight is 438 g/mol. The van der Waals surface area contributed by atoms with Crippen LogP contribution in [0.4, 0.5) is 5.13 Å². The highest BCUT2D eigenvalue weighted by molar-refractivity contribution is 7.22. The molecule has 2 heterocycles. The molecule has 1 aromatic carbocycles. The molecular weight excluding hydrogens is 410 g/mol. The molecule has 0 saturated heterocycles. The van der Waals surface area contributed by atoms with Gasteiger partial charge in [-0.1, -0.05) is 17.4 Å². The van der Waals surface area contributed by atoms with Gasteiger partial charge in [0.1, 0.15) is 17.0 Å². The Bertz CT molecular complexity index is 969. The van der Waals surface area contributed by atoms with Crippen molar-refractivity contribution in [3.05, 3.63) is 35.7 Å². The van der Waals surface area contributed by atoms with Gasteiger partial charge in [0.05, 0.1) is 11.8 Å². The van der Waals surface area contributed by atoms with Crippen molar-refractivity contribution in [2.24, 2.45) is 0 Å². The summed E-state index contributed by atoms with van der Waals surface area (Å²) in [5, 5.41) is 4.94. The zero-order chi connectivity index (χ0) is 20.3. The number of carbonyl (C=O) groups is 1. The Kier molecular flexibility index (Phi) is 8.01. The number of aromatic nitrogens is 3. The van der Waals surface area contributed by atoms with E-state index >= 15 is 0 Å². The van der Waals surface area contributed by atoms with Crippen LogP contribution in [0.15, 0.2) is 24.4 Å². The maximum absolute atomic E-state index is 13.4. The first-order valence-electron chi connectivity index (χ1n) is 9.38. The van der Waals surface area contributed by atoms with Crippen LogP contribution in [-0.4, -0.2) is 59.9 Å². The van der Waals surface area contributed by atoms with E-state index in [9.17, 15) is 4.79 Å². The zero-order valence-corrected chi connectivity index (χ0v) is 19.1. The summed E-state index contributed by atoms with van der Waals surface area (Å²) in [6.45, 7) is 6.16. The van der Waals surface area contributed by atoms with Crippen LogP contribution in [0, 0.1) is 6.92 Å².